The molecule has 5 heteroatoms. The highest BCUT2D eigenvalue weighted by Gasteiger charge is 2.11. The van der Waals surface area contributed by atoms with Gasteiger partial charge >= 0.3 is 0 Å². The second-order valence-corrected chi connectivity index (χ2v) is 6.27. The first-order chi connectivity index (χ1) is 13.3. The molecule has 3 N–H and O–H groups in total. The molecule has 146 valence electrons. The van der Waals surface area contributed by atoms with Gasteiger partial charge in [0.05, 0.1) is 19.8 Å². The van der Waals surface area contributed by atoms with E-state index in [-0.39, 0.29) is 12.5 Å². The lowest BCUT2D eigenvalue weighted by atomic mass is 10.0. The van der Waals surface area contributed by atoms with E-state index in [9.17, 15) is 5.11 Å². The SMILES string of the molecule is CCNC(=NCc1ccccc1COCC)NCC(CO)c1ccccc1. The third-order valence-electron chi connectivity index (χ3n) is 4.34. The van der Waals surface area contributed by atoms with E-state index in [2.05, 4.69) is 22.8 Å². The van der Waals surface area contributed by atoms with E-state index in [1.165, 1.54) is 0 Å². The number of nitrogens with one attached hydrogen (secondary N) is 2. The van der Waals surface area contributed by atoms with Crippen LogP contribution in [-0.2, 0) is 17.9 Å². The molecule has 0 bridgehead atoms. The Hall–Kier alpha value is -2.37. The van der Waals surface area contributed by atoms with Gasteiger partial charge in [0.25, 0.3) is 0 Å². The lowest BCUT2D eigenvalue weighted by molar-refractivity contribution is 0.133. The Morgan fingerprint density at radius 2 is 1.70 bits per heavy atom. The van der Waals surface area contributed by atoms with Crippen LogP contribution in [0.25, 0.3) is 0 Å². The highest BCUT2D eigenvalue weighted by molar-refractivity contribution is 5.79. The second-order valence-electron chi connectivity index (χ2n) is 6.27. The molecule has 1 atom stereocenters. The van der Waals surface area contributed by atoms with Gasteiger partial charge in [-0.25, -0.2) is 4.99 Å². The molecule has 0 aliphatic heterocycles. The summed E-state index contributed by atoms with van der Waals surface area (Å²) in [6.07, 6.45) is 0. The highest BCUT2D eigenvalue weighted by Crippen LogP contribution is 2.14. The summed E-state index contributed by atoms with van der Waals surface area (Å²) in [4.78, 5) is 4.71. The number of rotatable bonds is 10. The number of guanidine groups is 1. The van der Waals surface area contributed by atoms with Crippen LogP contribution in [0.5, 0.6) is 0 Å². The van der Waals surface area contributed by atoms with Crippen molar-refractivity contribution in [2.45, 2.75) is 32.9 Å². The predicted molar refractivity (Wildman–Crippen MR) is 111 cm³/mol. The summed E-state index contributed by atoms with van der Waals surface area (Å²) < 4.78 is 5.55. The molecule has 27 heavy (non-hydrogen) atoms. The Labute approximate surface area is 162 Å². The van der Waals surface area contributed by atoms with Crippen LogP contribution in [0.4, 0.5) is 0 Å². The largest absolute Gasteiger partial charge is 0.396 e. The maximum Gasteiger partial charge on any atom is 0.191 e. The molecule has 0 heterocycles. The molecule has 0 saturated carbocycles. The third kappa shape index (κ3) is 7.04. The van der Waals surface area contributed by atoms with Crippen molar-refractivity contribution >= 4 is 5.96 Å². The molecular formula is C22H31N3O2. The van der Waals surface area contributed by atoms with Gasteiger partial charge in [0, 0.05) is 25.6 Å². The van der Waals surface area contributed by atoms with Crippen molar-refractivity contribution in [1.82, 2.24) is 10.6 Å². The molecule has 2 rings (SSSR count). The molecule has 1 unspecified atom stereocenters. The number of ether oxygens (including phenoxy) is 1. The van der Waals surface area contributed by atoms with Crippen molar-refractivity contribution in [3.8, 4) is 0 Å². The first kappa shape index (κ1) is 20.9. The second kappa shape index (κ2) is 12.1. The summed E-state index contributed by atoms with van der Waals surface area (Å²) in [7, 11) is 0. The summed E-state index contributed by atoms with van der Waals surface area (Å²) in [5.74, 6) is 0.776. The fourth-order valence-electron chi connectivity index (χ4n) is 2.80. The Morgan fingerprint density at radius 1 is 1.00 bits per heavy atom. The first-order valence-electron chi connectivity index (χ1n) is 9.61. The molecule has 0 aliphatic rings. The van der Waals surface area contributed by atoms with Crippen molar-refractivity contribution in [2.75, 3.05) is 26.3 Å². The van der Waals surface area contributed by atoms with Crippen LogP contribution in [0.15, 0.2) is 59.6 Å². The third-order valence-corrected chi connectivity index (χ3v) is 4.34. The number of aliphatic hydroxyl groups excluding tert-OH is 1. The maximum absolute atomic E-state index is 9.73. The molecule has 0 fully saturated rings. The van der Waals surface area contributed by atoms with Crippen molar-refractivity contribution in [3.63, 3.8) is 0 Å². The lowest BCUT2D eigenvalue weighted by Gasteiger charge is -2.18. The van der Waals surface area contributed by atoms with E-state index in [1.54, 1.807) is 0 Å². The number of hydrogen-bond donors (Lipinski definition) is 3. The maximum atomic E-state index is 9.73. The number of hydrogen-bond acceptors (Lipinski definition) is 3. The van der Waals surface area contributed by atoms with Crippen LogP contribution in [0.1, 0.15) is 36.5 Å². The number of aliphatic imine (C=N–C) groups is 1. The van der Waals surface area contributed by atoms with Gasteiger partial charge in [-0.15, -0.1) is 0 Å². The van der Waals surface area contributed by atoms with E-state index in [0.717, 1.165) is 29.2 Å². The van der Waals surface area contributed by atoms with Crippen molar-refractivity contribution in [2.24, 2.45) is 4.99 Å². The smallest absolute Gasteiger partial charge is 0.191 e. The monoisotopic (exact) mass is 369 g/mol. The fraction of sp³-hybridized carbons (Fsp3) is 0.409. The summed E-state index contributed by atoms with van der Waals surface area (Å²) in [6.45, 7) is 7.41. The van der Waals surface area contributed by atoms with Gasteiger partial charge in [-0.3, -0.25) is 0 Å². The van der Waals surface area contributed by atoms with Gasteiger partial charge in [0.1, 0.15) is 0 Å². The molecule has 0 radical (unpaired) electrons. The van der Waals surface area contributed by atoms with Gasteiger partial charge in [0.15, 0.2) is 5.96 Å². The molecule has 0 aromatic heterocycles. The topological polar surface area (TPSA) is 65.9 Å². The normalized spacial score (nSPS) is 12.6. The standard InChI is InChI=1S/C22H31N3O2/c1-3-23-22(25-15-21(16-26)18-10-6-5-7-11-18)24-14-19-12-8-9-13-20(19)17-27-4-2/h5-13,21,26H,3-4,14-17H2,1-2H3,(H2,23,24,25). The van der Waals surface area contributed by atoms with Crippen molar-refractivity contribution in [3.05, 3.63) is 71.3 Å². The predicted octanol–water partition coefficient (Wildman–Crippen LogP) is 3.05. The molecule has 0 saturated heterocycles. The minimum absolute atomic E-state index is 0.0281. The van der Waals surface area contributed by atoms with Crippen LogP contribution in [0.2, 0.25) is 0 Å². The fourth-order valence-corrected chi connectivity index (χ4v) is 2.80. The zero-order valence-electron chi connectivity index (χ0n) is 16.3. The Morgan fingerprint density at radius 3 is 2.37 bits per heavy atom. The summed E-state index contributed by atoms with van der Waals surface area (Å²) in [6, 6.07) is 18.3. The van der Waals surface area contributed by atoms with E-state index < -0.39 is 0 Å². The van der Waals surface area contributed by atoms with Crippen LogP contribution in [0, 0.1) is 0 Å². The van der Waals surface area contributed by atoms with E-state index >= 15 is 0 Å². The molecule has 0 aliphatic carbocycles. The zero-order chi connectivity index (χ0) is 19.3. The van der Waals surface area contributed by atoms with Gasteiger partial charge < -0.3 is 20.5 Å². The summed E-state index contributed by atoms with van der Waals surface area (Å²) in [5, 5.41) is 16.4. The summed E-state index contributed by atoms with van der Waals surface area (Å²) >= 11 is 0. The average molecular weight is 370 g/mol. The zero-order valence-corrected chi connectivity index (χ0v) is 16.3. The van der Waals surface area contributed by atoms with Crippen LogP contribution in [-0.4, -0.2) is 37.4 Å². The number of benzene rings is 2. The van der Waals surface area contributed by atoms with Crippen molar-refractivity contribution < 1.29 is 9.84 Å². The van der Waals surface area contributed by atoms with Crippen LogP contribution < -0.4 is 10.6 Å². The minimum Gasteiger partial charge on any atom is -0.396 e. The van der Waals surface area contributed by atoms with E-state index in [4.69, 9.17) is 9.73 Å². The Bertz CT molecular complexity index is 689. The summed E-state index contributed by atoms with van der Waals surface area (Å²) in [5.41, 5.74) is 3.44. The number of aliphatic hydroxyl groups is 1. The molecule has 0 amide bonds. The Kier molecular flexibility index (Phi) is 9.38. The van der Waals surface area contributed by atoms with Crippen molar-refractivity contribution in [1.29, 1.82) is 0 Å². The van der Waals surface area contributed by atoms with E-state index in [1.807, 2.05) is 56.3 Å². The van der Waals surface area contributed by atoms with Crippen LogP contribution >= 0.6 is 0 Å². The van der Waals surface area contributed by atoms with Crippen LogP contribution in [0.3, 0.4) is 0 Å². The lowest BCUT2D eigenvalue weighted by Crippen LogP contribution is -2.40. The average Bonchev–Trinajstić information content (AvgIpc) is 2.72. The van der Waals surface area contributed by atoms with E-state index in [0.29, 0.717) is 26.3 Å². The van der Waals surface area contributed by atoms with Gasteiger partial charge in [-0.1, -0.05) is 54.6 Å². The molecule has 2 aromatic rings. The van der Waals surface area contributed by atoms with Gasteiger partial charge in [-0.2, -0.15) is 0 Å². The highest BCUT2D eigenvalue weighted by atomic mass is 16.5. The molecule has 0 spiro atoms. The number of nitrogens with zero attached hydrogens (tertiary/aromatic N) is 1. The Balaban J connectivity index is 2.02. The molecule has 5 nitrogen and oxygen atoms in total. The van der Waals surface area contributed by atoms with Gasteiger partial charge in [-0.05, 0) is 30.5 Å². The van der Waals surface area contributed by atoms with Gasteiger partial charge in [0.2, 0.25) is 0 Å². The first-order valence-corrected chi connectivity index (χ1v) is 9.61. The minimum atomic E-state index is 0.0281. The quantitative estimate of drug-likeness (QED) is 0.445. The molecule has 2 aromatic carbocycles. The molecular weight excluding hydrogens is 338 g/mol.